The maximum atomic E-state index is 13.7. The van der Waals surface area contributed by atoms with Crippen LogP contribution in [0.25, 0.3) is 11.0 Å². The molecule has 1 aromatic heterocycles. The fraction of sp³-hybridized carbons (Fsp3) is 0.240. The van der Waals surface area contributed by atoms with E-state index in [0.29, 0.717) is 31.2 Å². The third-order valence-electron chi connectivity index (χ3n) is 6.05. The Morgan fingerprint density at radius 2 is 1.70 bits per heavy atom. The summed E-state index contributed by atoms with van der Waals surface area (Å²) in [5.41, 5.74) is 2.93. The molecule has 1 unspecified atom stereocenters. The van der Waals surface area contributed by atoms with Crippen molar-refractivity contribution in [2.24, 2.45) is 0 Å². The molecule has 5 rings (SSSR count). The number of H-pyrrole nitrogens is 1. The average Bonchev–Trinajstić information content (AvgIpc) is 3.29. The summed E-state index contributed by atoms with van der Waals surface area (Å²) in [6.45, 7) is 2.32. The van der Waals surface area contributed by atoms with Gasteiger partial charge in [-0.3, -0.25) is 4.90 Å². The van der Waals surface area contributed by atoms with Gasteiger partial charge in [0.2, 0.25) is 10.0 Å². The summed E-state index contributed by atoms with van der Waals surface area (Å²) in [5.74, 6) is 1.28. The van der Waals surface area contributed by atoms with Gasteiger partial charge in [-0.2, -0.15) is 4.31 Å². The van der Waals surface area contributed by atoms with Crippen LogP contribution in [0.3, 0.4) is 0 Å². The van der Waals surface area contributed by atoms with Crippen LogP contribution in [0.4, 0.5) is 0 Å². The predicted octanol–water partition coefficient (Wildman–Crippen LogP) is 3.82. The van der Waals surface area contributed by atoms with Crippen molar-refractivity contribution in [2.45, 2.75) is 17.5 Å². The van der Waals surface area contributed by atoms with Crippen molar-refractivity contribution < 1.29 is 13.2 Å². The van der Waals surface area contributed by atoms with Crippen LogP contribution in [0.1, 0.15) is 17.4 Å². The normalized spacial score (nSPS) is 17.9. The monoisotopic (exact) mass is 462 g/mol. The van der Waals surface area contributed by atoms with Gasteiger partial charge in [0.1, 0.15) is 11.6 Å². The topological polar surface area (TPSA) is 78.5 Å². The van der Waals surface area contributed by atoms with Gasteiger partial charge < -0.3 is 9.72 Å². The van der Waals surface area contributed by atoms with Crippen LogP contribution in [0, 0.1) is 0 Å². The second-order valence-corrected chi connectivity index (χ2v) is 10.1. The first-order valence-corrected chi connectivity index (χ1v) is 12.4. The Labute approximate surface area is 193 Å². The third-order valence-corrected chi connectivity index (χ3v) is 7.98. The zero-order valence-corrected chi connectivity index (χ0v) is 19.2. The van der Waals surface area contributed by atoms with Crippen LogP contribution in [0.2, 0.25) is 0 Å². The van der Waals surface area contributed by atoms with Gasteiger partial charge in [0, 0.05) is 26.2 Å². The molecule has 1 atom stereocenters. The lowest BCUT2D eigenvalue weighted by molar-refractivity contribution is 0.125. The highest BCUT2D eigenvalue weighted by Crippen LogP contribution is 2.32. The van der Waals surface area contributed by atoms with Crippen molar-refractivity contribution in [3.05, 3.63) is 90.3 Å². The third kappa shape index (κ3) is 4.37. The van der Waals surface area contributed by atoms with Crippen molar-refractivity contribution in [3.63, 3.8) is 0 Å². The smallest absolute Gasteiger partial charge is 0.243 e. The molecule has 170 valence electrons. The predicted molar refractivity (Wildman–Crippen MR) is 127 cm³/mol. The van der Waals surface area contributed by atoms with E-state index in [1.165, 1.54) is 5.56 Å². The Hall–Kier alpha value is -3.20. The highest BCUT2D eigenvalue weighted by Gasteiger charge is 2.38. The number of sulfonamides is 1. The van der Waals surface area contributed by atoms with E-state index in [4.69, 9.17) is 9.72 Å². The number of hydrogen-bond donors (Lipinski definition) is 1. The summed E-state index contributed by atoms with van der Waals surface area (Å²) in [6.07, 6.45) is 0. The van der Waals surface area contributed by atoms with Crippen molar-refractivity contribution >= 4 is 21.1 Å². The largest absolute Gasteiger partial charge is 0.497 e. The molecular weight excluding hydrogens is 436 g/mol. The molecule has 0 saturated carbocycles. The number of nitrogens with one attached hydrogen (secondary N) is 1. The van der Waals surface area contributed by atoms with Gasteiger partial charge in [0.05, 0.1) is 29.1 Å². The molecule has 0 bridgehead atoms. The van der Waals surface area contributed by atoms with E-state index < -0.39 is 16.1 Å². The first-order valence-electron chi connectivity index (χ1n) is 10.9. The first-order chi connectivity index (χ1) is 16.0. The van der Waals surface area contributed by atoms with Crippen LogP contribution >= 0.6 is 0 Å². The number of para-hydroxylation sites is 2. The molecule has 8 heteroatoms. The minimum atomic E-state index is -3.73. The lowest BCUT2D eigenvalue weighted by Crippen LogP contribution is -2.50. The number of hydrogen-bond acceptors (Lipinski definition) is 5. The molecule has 0 radical (unpaired) electrons. The van der Waals surface area contributed by atoms with E-state index in [0.717, 1.165) is 17.6 Å². The van der Waals surface area contributed by atoms with Gasteiger partial charge in [0.25, 0.3) is 0 Å². The van der Waals surface area contributed by atoms with Gasteiger partial charge in [-0.15, -0.1) is 0 Å². The highest BCUT2D eigenvalue weighted by molar-refractivity contribution is 7.89. The number of fused-ring (bicyclic) bond motifs is 1. The number of rotatable bonds is 6. The highest BCUT2D eigenvalue weighted by atomic mass is 32.2. The Balaban J connectivity index is 1.50. The molecule has 1 aliphatic rings. The number of benzene rings is 3. The molecule has 0 spiro atoms. The maximum Gasteiger partial charge on any atom is 0.243 e. The van der Waals surface area contributed by atoms with Crippen molar-refractivity contribution in [1.82, 2.24) is 19.2 Å². The Morgan fingerprint density at radius 3 is 2.42 bits per heavy atom. The lowest BCUT2D eigenvalue weighted by atomic mass is 10.1. The number of aromatic nitrogens is 2. The fourth-order valence-corrected chi connectivity index (χ4v) is 5.91. The molecular formula is C25H26N4O3S. The summed E-state index contributed by atoms with van der Waals surface area (Å²) < 4.78 is 34.1. The summed E-state index contributed by atoms with van der Waals surface area (Å²) in [6, 6.07) is 24.1. The minimum Gasteiger partial charge on any atom is -0.497 e. The Kier molecular flexibility index (Phi) is 5.88. The first kappa shape index (κ1) is 21.6. The number of imidazole rings is 1. The zero-order chi connectivity index (χ0) is 22.8. The molecule has 33 heavy (non-hydrogen) atoms. The second-order valence-electron chi connectivity index (χ2n) is 8.17. The fourth-order valence-electron chi connectivity index (χ4n) is 4.33. The molecule has 3 aromatic carbocycles. The maximum absolute atomic E-state index is 13.7. The Bertz CT molecular complexity index is 1300. The van der Waals surface area contributed by atoms with Crippen molar-refractivity contribution in [1.29, 1.82) is 0 Å². The quantitative estimate of drug-likeness (QED) is 0.471. The molecule has 1 N–H and O–H groups in total. The van der Waals surface area contributed by atoms with Gasteiger partial charge in [0.15, 0.2) is 0 Å². The van der Waals surface area contributed by atoms with E-state index >= 15 is 0 Å². The van der Waals surface area contributed by atoms with Crippen LogP contribution in [0.5, 0.6) is 5.75 Å². The molecule has 1 saturated heterocycles. The van der Waals surface area contributed by atoms with Crippen LogP contribution in [-0.2, 0) is 16.6 Å². The number of aromatic amines is 1. The van der Waals surface area contributed by atoms with E-state index in [1.807, 2.05) is 42.5 Å². The molecule has 0 amide bonds. The van der Waals surface area contributed by atoms with Crippen molar-refractivity contribution in [2.75, 3.05) is 26.7 Å². The second kappa shape index (κ2) is 8.97. The van der Waals surface area contributed by atoms with E-state index in [1.54, 1.807) is 35.7 Å². The zero-order valence-electron chi connectivity index (χ0n) is 18.4. The van der Waals surface area contributed by atoms with E-state index in [2.05, 4.69) is 22.0 Å². The Morgan fingerprint density at radius 1 is 0.970 bits per heavy atom. The van der Waals surface area contributed by atoms with Gasteiger partial charge in [-0.05, 0) is 42.0 Å². The van der Waals surface area contributed by atoms with E-state index in [9.17, 15) is 8.42 Å². The lowest BCUT2D eigenvalue weighted by Gasteiger charge is -2.39. The van der Waals surface area contributed by atoms with Gasteiger partial charge in [-0.25, -0.2) is 13.4 Å². The molecule has 2 heterocycles. The van der Waals surface area contributed by atoms with Crippen LogP contribution in [-0.4, -0.2) is 54.3 Å². The molecule has 4 aromatic rings. The number of nitrogens with zero attached hydrogens (tertiary/aromatic N) is 3. The van der Waals surface area contributed by atoms with E-state index in [-0.39, 0.29) is 4.90 Å². The molecule has 1 aliphatic heterocycles. The summed E-state index contributed by atoms with van der Waals surface area (Å²) in [5, 5.41) is 0. The number of ether oxygens (including phenoxy) is 1. The van der Waals surface area contributed by atoms with Crippen molar-refractivity contribution in [3.8, 4) is 5.75 Å². The van der Waals surface area contributed by atoms with Crippen LogP contribution < -0.4 is 4.74 Å². The molecule has 0 aliphatic carbocycles. The summed E-state index contributed by atoms with van der Waals surface area (Å²) >= 11 is 0. The minimum absolute atomic E-state index is 0.251. The summed E-state index contributed by atoms with van der Waals surface area (Å²) in [7, 11) is -2.16. The average molecular weight is 463 g/mol. The van der Waals surface area contributed by atoms with Crippen LogP contribution in [0.15, 0.2) is 83.8 Å². The number of piperazine rings is 1. The molecule has 1 fully saturated rings. The SMILES string of the molecule is COc1ccc(S(=O)(=O)N2CCN(Cc3ccccc3)CC2c2nc3ccccc3[nH]2)cc1. The standard InChI is InChI=1S/C25H26N4O3S/c1-32-20-11-13-21(14-12-20)33(30,31)29-16-15-28(17-19-7-3-2-4-8-19)18-24(29)25-26-22-9-5-6-10-23(22)27-25/h2-14,24H,15-18H2,1H3,(H,26,27). The van der Waals surface area contributed by atoms with Gasteiger partial charge in [-0.1, -0.05) is 42.5 Å². The molecule has 7 nitrogen and oxygen atoms in total. The number of methoxy groups -OCH3 is 1. The van der Waals surface area contributed by atoms with Gasteiger partial charge >= 0.3 is 0 Å². The summed E-state index contributed by atoms with van der Waals surface area (Å²) in [4.78, 5) is 10.6.